The Morgan fingerprint density at radius 2 is 0.582 bits per heavy atom. The number of esters is 6. The zero-order valence-corrected chi connectivity index (χ0v) is 49.5. The van der Waals surface area contributed by atoms with Gasteiger partial charge in [0, 0.05) is 169 Å². The summed E-state index contributed by atoms with van der Waals surface area (Å²) < 4.78 is 33.3. The van der Waals surface area contributed by atoms with E-state index in [1.807, 2.05) is 0 Å². The van der Waals surface area contributed by atoms with E-state index in [2.05, 4.69) is 90.7 Å². The van der Waals surface area contributed by atoms with Gasteiger partial charge in [0.05, 0.1) is 42.9 Å². The van der Waals surface area contributed by atoms with Gasteiger partial charge in [-0.3, -0.25) is 28.8 Å². The molecule has 0 aliphatic carbocycles. The summed E-state index contributed by atoms with van der Waals surface area (Å²) in [7, 11) is 0. The van der Waals surface area contributed by atoms with Crippen LogP contribution in [0.4, 0.5) is 0 Å². The van der Waals surface area contributed by atoms with Crippen LogP contribution < -0.4 is 53.2 Å². The fraction of sp³-hybridized carbons (Fsp3) is 0.891. The van der Waals surface area contributed by atoms with Crippen LogP contribution in [0.15, 0.2) is 0 Å². The molecule has 79 heavy (non-hydrogen) atoms. The molecule has 2 fully saturated rings. The molecular weight excluding hydrogens is 1020 g/mol. The summed E-state index contributed by atoms with van der Waals surface area (Å²) in [5, 5.41) is 33.4. The van der Waals surface area contributed by atoms with Gasteiger partial charge in [0.25, 0.3) is 0 Å². The van der Waals surface area contributed by atoms with E-state index in [4.69, 9.17) is 28.4 Å². The average Bonchev–Trinajstić information content (AvgIpc) is 4.38. The van der Waals surface area contributed by atoms with Crippen molar-refractivity contribution in [3.63, 3.8) is 0 Å². The van der Waals surface area contributed by atoms with Gasteiger partial charge in [0.1, 0.15) is 39.6 Å². The topological polar surface area (TPSA) is 284 Å². The molecule has 0 saturated carbocycles. The van der Waals surface area contributed by atoms with Crippen LogP contribution >= 0.6 is 0 Å². The van der Waals surface area contributed by atoms with Crippen LogP contribution in [-0.4, -0.2) is 254 Å². The summed E-state index contributed by atoms with van der Waals surface area (Å²) in [5.41, 5.74) is -1.74. The van der Waals surface area contributed by atoms with Gasteiger partial charge in [0.2, 0.25) is 0 Å². The lowest BCUT2D eigenvalue weighted by Crippen LogP contribution is -2.38. The summed E-state index contributed by atoms with van der Waals surface area (Å²) in [5.74, 6) is -2.09. The minimum atomic E-state index is -0.878. The Morgan fingerprint density at radius 1 is 0.329 bits per heavy atom. The molecule has 2 aliphatic rings. The van der Waals surface area contributed by atoms with Crippen LogP contribution in [0.25, 0.3) is 0 Å². The Balaban J connectivity index is 1.42. The molecule has 0 bridgehead atoms. The lowest BCUT2D eigenvalue weighted by atomic mass is 9.94. The second-order valence-electron chi connectivity index (χ2n) is 22.0. The van der Waals surface area contributed by atoms with Crippen LogP contribution in [-0.2, 0) is 57.2 Å². The van der Waals surface area contributed by atoms with Gasteiger partial charge in [-0.2, -0.15) is 0 Å². The zero-order valence-electron chi connectivity index (χ0n) is 49.5. The Hall–Kier alpha value is -3.66. The first-order valence-electron chi connectivity index (χ1n) is 29.6. The van der Waals surface area contributed by atoms with Crippen molar-refractivity contribution in [3.8, 4) is 0 Å². The number of hydrogen-bond acceptors (Lipinski definition) is 24. The first-order chi connectivity index (χ1) is 38.1. The van der Waals surface area contributed by atoms with Crippen LogP contribution in [0.1, 0.15) is 99.3 Å². The lowest BCUT2D eigenvalue weighted by molar-refractivity contribution is -0.163. The predicted octanol–water partition coefficient (Wildman–Crippen LogP) is -0.887. The fourth-order valence-corrected chi connectivity index (χ4v) is 7.35. The molecule has 2 atom stereocenters. The molecule has 24 heteroatoms. The number of ether oxygens (including phenoxy) is 6. The number of carbonyl (C=O) groups is 6. The van der Waals surface area contributed by atoms with E-state index < -0.39 is 10.8 Å². The van der Waals surface area contributed by atoms with Crippen LogP contribution in [0, 0.1) is 10.8 Å². The lowest BCUT2D eigenvalue weighted by Gasteiger charge is -2.28. The summed E-state index contributed by atoms with van der Waals surface area (Å²) in [6.07, 6.45) is 3.99. The molecule has 2 saturated heterocycles. The Morgan fingerprint density at radius 3 is 0.873 bits per heavy atom. The largest absolute Gasteiger partial charge is 0.465 e. The highest BCUT2D eigenvalue weighted by Crippen LogP contribution is 2.22. The van der Waals surface area contributed by atoms with Gasteiger partial charge >= 0.3 is 35.8 Å². The van der Waals surface area contributed by atoms with E-state index in [1.165, 1.54) is 0 Å². The van der Waals surface area contributed by atoms with Gasteiger partial charge in [-0.15, -0.1) is 0 Å². The van der Waals surface area contributed by atoms with E-state index in [0.717, 1.165) is 131 Å². The SMILES string of the molecule is CC(C)NCCNCCC(=O)OCC(C)(COC(=O)CCCCCNCCNCCNCCNCCNCCNCCC(=O)OCC(C)(COC(=O)CCNCCNC(C)C)COC(=O)CCN1CC1)COC(=O)CCN1CC1. The minimum absolute atomic E-state index is 0.0125. The molecular formula is C55H108N12O12. The number of hydrogen-bond donors (Lipinski definition) is 10. The third kappa shape index (κ3) is 45.6. The third-order valence-electron chi connectivity index (χ3n) is 12.7. The maximum atomic E-state index is 12.6. The molecule has 0 spiro atoms. The Bertz CT molecular complexity index is 1520. The van der Waals surface area contributed by atoms with Crippen LogP contribution in [0.2, 0.25) is 0 Å². The van der Waals surface area contributed by atoms with E-state index in [1.54, 1.807) is 13.8 Å². The Kier molecular flexibility index (Phi) is 41.5. The second kappa shape index (κ2) is 45.9. The van der Waals surface area contributed by atoms with Crippen molar-refractivity contribution in [1.82, 2.24) is 63.0 Å². The van der Waals surface area contributed by atoms with Crippen molar-refractivity contribution in [2.75, 3.05) is 197 Å². The molecule has 2 aliphatic heterocycles. The number of rotatable bonds is 56. The summed E-state index contributed by atoms with van der Waals surface area (Å²) >= 11 is 0. The highest BCUT2D eigenvalue weighted by Gasteiger charge is 2.33. The highest BCUT2D eigenvalue weighted by atomic mass is 16.6. The van der Waals surface area contributed by atoms with Gasteiger partial charge in [-0.25, -0.2) is 0 Å². The van der Waals surface area contributed by atoms with E-state index in [9.17, 15) is 28.8 Å². The fourth-order valence-electron chi connectivity index (χ4n) is 7.35. The molecule has 0 aromatic rings. The van der Waals surface area contributed by atoms with Gasteiger partial charge in [-0.1, -0.05) is 34.1 Å². The van der Waals surface area contributed by atoms with Gasteiger partial charge < -0.3 is 91.4 Å². The van der Waals surface area contributed by atoms with E-state index in [0.29, 0.717) is 64.2 Å². The van der Waals surface area contributed by atoms with Gasteiger partial charge in [0.15, 0.2) is 0 Å². The molecule has 24 nitrogen and oxygen atoms in total. The number of nitrogens with zero attached hydrogens (tertiary/aromatic N) is 2. The molecule has 0 aromatic heterocycles. The van der Waals surface area contributed by atoms with Crippen LogP contribution in [0.3, 0.4) is 0 Å². The average molecular weight is 1130 g/mol. The van der Waals surface area contributed by atoms with E-state index >= 15 is 0 Å². The van der Waals surface area contributed by atoms with Crippen molar-refractivity contribution in [2.24, 2.45) is 10.8 Å². The quantitative estimate of drug-likeness (QED) is 0.0153. The van der Waals surface area contributed by atoms with Gasteiger partial charge in [-0.05, 0) is 33.2 Å². The number of carbonyl (C=O) groups excluding carboxylic acids is 6. The molecule has 10 N–H and O–H groups in total. The normalized spacial score (nSPS) is 14.9. The van der Waals surface area contributed by atoms with Crippen LogP contribution in [0.5, 0.6) is 0 Å². The van der Waals surface area contributed by atoms with Crippen molar-refractivity contribution < 1.29 is 57.2 Å². The van der Waals surface area contributed by atoms with E-state index in [-0.39, 0.29) is 108 Å². The molecule has 2 rings (SSSR count). The summed E-state index contributed by atoms with van der Waals surface area (Å²) in [6, 6.07) is 0.794. The summed E-state index contributed by atoms with van der Waals surface area (Å²) in [6.45, 7) is 30.7. The molecule has 0 amide bonds. The maximum Gasteiger partial charge on any atom is 0.307 e. The summed E-state index contributed by atoms with van der Waals surface area (Å²) in [4.78, 5) is 79.2. The monoisotopic (exact) mass is 1130 g/mol. The van der Waals surface area contributed by atoms with Crippen molar-refractivity contribution >= 4 is 35.8 Å². The maximum absolute atomic E-state index is 12.6. The highest BCUT2D eigenvalue weighted by molar-refractivity contribution is 5.72. The standard InChI is InChI=1S/C55H108N12O12/c1-46(2)64-32-30-58-18-12-50(70)75-41-54(5,44-78-52(72)14-34-66-36-37-66)40-74-48(68)10-8-7-9-16-56-20-22-60-24-26-62-28-29-63-27-25-61-23-21-57-17-11-49(69)76-42-55(6,45-79-53(73)15-35-67-38-39-67)43-77-51(71)13-19-59-31-33-65-47(3)4/h46-47,56-65H,7-45H2,1-6H3. The van der Waals surface area contributed by atoms with Crippen molar-refractivity contribution in [3.05, 3.63) is 0 Å². The zero-order chi connectivity index (χ0) is 57.7. The second-order valence-corrected chi connectivity index (χ2v) is 22.0. The third-order valence-corrected chi connectivity index (χ3v) is 12.7. The number of unbranched alkanes of at least 4 members (excludes halogenated alkanes) is 2. The predicted molar refractivity (Wildman–Crippen MR) is 306 cm³/mol. The first-order valence-corrected chi connectivity index (χ1v) is 29.6. The van der Waals surface area contributed by atoms with Crippen molar-refractivity contribution in [2.45, 2.75) is 111 Å². The Labute approximate surface area is 473 Å². The molecule has 2 unspecified atom stereocenters. The number of nitrogens with one attached hydrogen (secondary N) is 10. The molecule has 0 aromatic carbocycles. The smallest absolute Gasteiger partial charge is 0.307 e. The molecule has 460 valence electrons. The minimum Gasteiger partial charge on any atom is -0.465 e. The molecule has 2 heterocycles. The molecule has 0 radical (unpaired) electrons. The van der Waals surface area contributed by atoms with Crippen molar-refractivity contribution in [1.29, 1.82) is 0 Å². The first kappa shape index (κ1) is 71.4.